The van der Waals surface area contributed by atoms with Gasteiger partial charge in [0.05, 0.1) is 0 Å². The monoisotopic (exact) mass is 345 g/mol. The fourth-order valence-electron chi connectivity index (χ4n) is 2.64. The maximum Gasteiger partial charge on any atom is 0.0482 e. The Hall–Kier alpha value is -0.130. The van der Waals surface area contributed by atoms with E-state index in [4.69, 9.17) is 17.3 Å². The lowest BCUT2D eigenvalue weighted by molar-refractivity contribution is 0.102. The van der Waals surface area contributed by atoms with Crippen LogP contribution in [0, 0.1) is 0 Å². The summed E-state index contributed by atoms with van der Waals surface area (Å²) < 4.78 is 1.05. The minimum absolute atomic E-state index is 0.269. The van der Waals surface area contributed by atoms with Crippen LogP contribution in [-0.4, -0.2) is 49.1 Å². The van der Waals surface area contributed by atoms with Gasteiger partial charge in [-0.3, -0.25) is 4.90 Å². The lowest BCUT2D eigenvalue weighted by Crippen LogP contribution is -2.48. The summed E-state index contributed by atoms with van der Waals surface area (Å²) in [5, 5.41) is 0.752. The first-order valence-electron chi connectivity index (χ1n) is 6.77. The maximum absolute atomic E-state index is 6.01. The number of nitrogens with zero attached hydrogens (tertiary/aromatic N) is 2. The van der Waals surface area contributed by atoms with E-state index in [-0.39, 0.29) is 6.04 Å². The summed E-state index contributed by atoms with van der Waals surface area (Å²) in [6.45, 7) is 8.37. The van der Waals surface area contributed by atoms with Crippen molar-refractivity contribution in [2.24, 2.45) is 5.73 Å². The van der Waals surface area contributed by atoms with E-state index in [1.165, 1.54) is 5.56 Å². The Morgan fingerprint density at radius 3 is 2.53 bits per heavy atom. The van der Waals surface area contributed by atoms with Gasteiger partial charge in [0.1, 0.15) is 0 Å². The summed E-state index contributed by atoms with van der Waals surface area (Å²) in [4.78, 5) is 4.95. The number of halogens is 2. The number of piperazine rings is 1. The van der Waals surface area contributed by atoms with Crippen molar-refractivity contribution in [3.05, 3.63) is 33.3 Å². The Kier molecular flexibility index (Phi) is 5.66. The van der Waals surface area contributed by atoms with Crippen LogP contribution in [-0.2, 0) is 0 Å². The summed E-state index contributed by atoms with van der Waals surface area (Å²) in [5.41, 5.74) is 7.23. The minimum Gasteiger partial charge on any atom is -0.329 e. The fraction of sp³-hybridized carbons (Fsp3) is 0.571. The molecule has 0 bridgehead atoms. The third-order valence-corrected chi connectivity index (χ3v) is 4.76. The van der Waals surface area contributed by atoms with E-state index in [2.05, 4.69) is 38.7 Å². The molecule has 5 heteroatoms. The molecule has 0 aliphatic carbocycles. The summed E-state index contributed by atoms with van der Waals surface area (Å²) in [7, 11) is 0. The predicted molar refractivity (Wildman–Crippen MR) is 84.6 cm³/mol. The highest BCUT2D eigenvalue weighted by atomic mass is 79.9. The highest BCUT2D eigenvalue weighted by Crippen LogP contribution is 2.30. The van der Waals surface area contributed by atoms with Crippen LogP contribution in [0.5, 0.6) is 0 Å². The average Bonchev–Trinajstić information content (AvgIpc) is 2.42. The summed E-state index contributed by atoms with van der Waals surface area (Å²) in [6.07, 6.45) is 0. The normalized spacial score (nSPS) is 19.6. The molecule has 2 rings (SSSR count). The number of rotatable bonds is 4. The molecule has 1 unspecified atom stereocenters. The number of hydrogen-bond acceptors (Lipinski definition) is 3. The van der Waals surface area contributed by atoms with Crippen LogP contribution < -0.4 is 5.73 Å². The lowest BCUT2D eigenvalue weighted by Gasteiger charge is -2.39. The van der Waals surface area contributed by atoms with Crippen molar-refractivity contribution in [2.75, 3.05) is 39.3 Å². The van der Waals surface area contributed by atoms with Gasteiger partial charge < -0.3 is 10.6 Å². The molecule has 3 nitrogen and oxygen atoms in total. The third-order valence-electron chi connectivity index (χ3n) is 3.84. The van der Waals surface area contributed by atoms with Crippen LogP contribution in [0.2, 0.25) is 5.02 Å². The molecule has 1 aliphatic heterocycles. The smallest absolute Gasteiger partial charge is 0.0482 e. The van der Waals surface area contributed by atoms with Crippen LogP contribution in [0.15, 0.2) is 22.7 Å². The number of nitrogens with two attached hydrogens (primary N) is 1. The molecule has 19 heavy (non-hydrogen) atoms. The molecular weight excluding hydrogens is 326 g/mol. The van der Waals surface area contributed by atoms with Crippen LogP contribution in [0.3, 0.4) is 0 Å². The Labute approximate surface area is 128 Å². The van der Waals surface area contributed by atoms with Gasteiger partial charge >= 0.3 is 0 Å². The quantitative estimate of drug-likeness (QED) is 0.910. The van der Waals surface area contributed by atoms with Crippen molar-refractivity contribution in [3.8, 4) is 0 Å². The topological polar surface area (TPSA) is 32.5 Å². The zero-order valence-electron chi connectivity index (χ0n) is 11.3. The molecule has 0 aromatic heterocycles. The molecule has 2 N–H and O–H groups in total. The first-order valence-corrected chi connectivity index (χ1v) is 7.94. The predicted octanol–water partition coefficient (Wildman–Crippen LogP) is 2.74. The van der Waals surface area contributed by atoms with Crippen molar-refractivity contribution in [1.29, 1.82) is 0 Å². The van der Waals surface area contributed by atoms with Gasteiger partial charge in [0.15, 0.2) is 0 Å². The molecule has 1 fully saturated rings. The van der Waals surface area contributed by atoms with E-state index in [1.807, 2.05) is 12.1 Å². The van der Waals surface area contributed by atoms with Crippen molar-refractivity contribution >= 4 is 27.5 Å². The molecule has 0 amide bonds. The van der Waals surface area contributed by atoms with Crippen LogP contribution in [0.1, 0.15) is 18.5 Å². The van der Waals surface area contributed by atoms with Crippen molar-refractivity contribution in [3.63, 3.8) is 0 Å². The van der Waals surface area contributed by atoms with Crippen LogP contribution >= 0.6 is 27.5 Å². The largest absolute Gasteiger partial charge is 0.329 e. The summed E-state index contributed by atoms with van der Waals surface area (Å²) in [5.74, 6) is 0. The van der Waals surface area contributed by atoms with Crippen molar-refractivity contribution in [2.45, 2.75) is 13.0 Å². The second-order valence-corrected chi connectivity index (χ2v) is 6.18. The first-order chi connectivity index (χ1) is 9.15. The molecule has 1 saturated heterocycles. The molecule has 1 heterocycles. The fourth-order valence-corrected chi connectivity index (χ4v) is 3.58. The van der Waals surface area contributed by atoms with Gasteiger partial charge in [-0.2, -0.15) is 0 Å². The first kappa shape index (κ1) is 15.3. The second kappa shape index (κ2) is 7.04. The third kappa shape index (κ3) is 3.70. The van der Waals surface area contributed by atoms with E-state index >= 15 is 0 Å². The molecule has 0 saturated carbocycles. The van der Waals surface area contributed by atoms with Gasteiger partial charge in [-0.15, -0.1) is 0 Å². The van der Waals surface area contributed by atoms with Crippen molar-refractivity contribution in [1.82, 2.24) is 9.80 Å². The van der Waals surface area contributed by atoms with Gasteiger partial charge in [-0.1, -0.05) is 40.5 Å². The zero-order chi connectivity index (χ0) is 13.8. The highest BCUT2D eigenvalue weighted by molar-refractivity contribution is 9.10. The Bertz CT molecular complexity index is 419. The molecule has 1 atom stereocenters. The van der Waals surface area contributed by atoms with Crippen LogP contribution in [0.25, 0.3) is 0 Å². The number of benzene rings is 1. The SMILES string of the molecule is CCN1CCN(C(CN)c2ccc(Cl)cc2Br)CC1. The zero-order valence-corrected chi connectivity index (χ0v) is 13.6. The van der Waals surface area contributed by atoms with E-state index in [9.17, 15) is 0 Å². The maximum atomic E-state index is 6.01. The molecule has 0 spiro atoms. The van der Waals surface area contributed by atoms with E-state index < -0.39 is 0 Å². The van der Waals surface area contributed by atoms with Gasteiger partial charge in [0.2, 0.25) is 0 Å². The molecule has 1 aromatic carbocycles. The van der Waals surface area contributed by atoms with Crippen molar-refractivity contribution < 1.29 is 0 Å². The second-order valence-electron chi connectivity index (χ2n) is 4.89. The number of hydrogen-bond donors (Lipinski definition) is 1. The van der Waals surface area contributed by atoms with Gasteiger partial charge in [-0.25, -0.2) is 0 Å². The summed E-state index contributed by atoms with van der Waals surface area (Å²) >= 11 is 9.61. The molecule has 1 aromatic rings. The Balaban J connectivity index is 2.12. The van der Waals surface area contributed by atoms with E-state index in [0.717, 1.165) is 42.2 Å². The van der Waals surface area contributed by atoms with Gasteiger partial charge in [-0.05, 0) is 24.2 Å². The highest BCUT2D eigenvalue weighted by Gasteiger charge is 2.24. The van der Waals surface area contributed by atoms with Gasteiger partial charge in [0, 0.05) is 48.3 Å². The van der Waals surface area contributed by atoms with Crippen LogP contribution in [0.4, 0.5) is 0 Å². The standard InChI is InChI=1S/C14H21BrClN3/c1-2-18-5-7-19(8-6-18)14(10-17)12-4-3-11(16)9-13(12)15/h3-4,9,14H,2,5-8,10,17H2,1H3. The molecular formula is C14H21BrClN3. The van der Waals surface area contributed by atoms with E-state index in [1.54, 1.807) is 0 Å². The molecule has 0 radical (unpaired) electrons. The average molecular weight is 347 g/mol. The van der Waals surface area contributed by atoms with E-state index in [0.29, 0.717) is 6.54 Å². The summed E-state index contributed by atoms with van der Waals surface area (Å²) in [6, 6.07) is 6.23. The Morgan fingerprint density at radius 2 is 2.00 bits per heavy atom. The Morgan fingerprint density at radius 1 is 1.32 bits per heavy atom. The lowest BCUT2D eigenvalue weighted by atomic mass is 10.0. The number of likely N-dealkylation sites (N-methyl/N-ethyl adjacent to an activating group) is 1. The van der Waals surface area contributed by atoms with Gasteiger partial charge in [0.25, 0.3) is 0 Å². The minimum atomic E-state index is 0.269. The molecule has 1 aliphatic rings. The molecule has 106 valence electrons.